The van der Waals surface area contributed by atoms with E-state index < -0.39 is 12.0 Å². The molecule has 4 nitrogen and oxygen atoms in total. The maximum Gasteiger partial charge on any atom is 0.326 e. The minimum Gasteiger partial charge on any atom is -0.480 e. The summed E-state index contributed by atoms with van der Waals surface area (Å²) in [6.07, 6.45) is 3.15. The highest BCUT2D eigenvalue weighted by Gasteiger charge is 2.46. The topological polar surface area (TPSA) is 57.6 Å². The maximum atomic E-state index is 12.7. The summed E-state index contributed by atoms with van der Waals surface area (Å²) in [6, 6.07) is 7.41. The molecule has 1 amide bonds. The van der Waals surface area contributed by atoms with Crippen molar-refractivity contribution in [3.05, 3.63) is 35.4 Å². The van der Waals surface area contributed by atoms with E-state index in [4.69, 9.17) is 0 Å². The van der Waals surface area contributed by atoms with Crippen LogP contribution in [0.2, 0.25) is 0 Å². The van der Waals surface area contributed by atoms with Crippen LogP contribution in [0.25, 0.3) is 0 Å². The molecule has 106 valence electrons. The fourth-order valence-corrected chi connectivity index (χ4v) is 3.67. The van der Waals surface area contributed by atoms with E-state index in [-0.39, 0.29) is 17.9 Å². The predicted molar refractivity (Wildman–Crippen MR) is 74.4 cm³/mol. The van der Waals surface area contributed by atoms with Gasteiger partial charge in [-0.1, -0.05) is 24.3 Å². The largest absolute Gasteiger partial charge is 0.480 e. The molecule has 3 rings (SSSR count). The second-order valence-corrected chi connectivity index (χ2v) is 5.82. The number of aryl methyl sites for hydroxylation is 1. The molecule has 2 saturated heterocycles. The van der Waals surface area contributed by atoms with Crippen molar-refractivity contribution in [2.24, 2.45) is 0 Å². The van der Waals surface area contributed by atoms with Crippen molar-refractivity contribution >= 4 is 11.9 Å². The van der Waals surface area contributed by atoms with Crippen molar-refractivity contribution in [2.75, 3.05) is 0 Å². The number of fused-ring (bicyclic) bond motifs is 1. The number of benzene rings is 1. The predicted octanol–water partition coefficient (Wildman–Crippen LogP) is 2.32. The van der Waals surface area contributed by atoms with Crippen molar-refractivity contribution in [1.82, 2.24) is 4.90 Å². The summed E-state index contributed by atoms with van der Waals surface area (Å²) < 4.78 is 0. The molecule has 0 spiro atoms. The first-order valence-corrected chi connectivity index (χ1v) is 7.20. The first-order valence-electron chi connectivity index (χ1n) is 7.20. The van der Waals surface area contributed by atoms with E-state index in [0.717, 1.165) is 30.4 Å². The molecule has 2 fully saturated rings. The minimum atomic E-state index is -0.869. The lowest BCUT2D eigenvalue weighted by molar-refractivity contribution is -0.152. The van der Waals surface area contributed by atoms with Crippen molar-refractivity contribution < 1.29 is 14.7 Å². The van der Waals surface area contributed by atoms with E-state index in [9.17, 15) is 14.7 Å². The summed E-state index contributed by atoms with van der Waals surface area (Å²) in [4.78, 5) is 25.7. The van der Waals surface area contributed by atoms with Crippen LogP contribution in [0.4, 0.5) is 0 Å². The Bertz CT molecular complexity index is 554. The molecule has 0 radical (unpaired) electrons. The van der Waals surface area contributed by atoms with Crippen molar-refractivity contribution in [3.8, 4) is 0 Å². The van der Waals surface area contributed by atoms with E-state index in [0.29, 0.717) is 6.42 Å². The van der Waals surface area contributed by atoms with E-state index in [1.54, 1.807) is 4.90 Å². The van der Waals surface area contributed by atoms with Crippen LogP contribution in [-0.2, 0) is 9.59 Å². The number of rotatable bonds is 2. The summed E-state index contributed by atoms with van der Waals surface area (Å²) in [6.45, 7) is 2.01. The highest BCUT2D eigenvalue weighted by Crippen LogP contribution is 2.39. The number of nitrogens with zero attached hydrogens (tertiary/aromatic N) is 1. The zero-order valence-electron chi connectivity index (χ0n) is 11.6. The molecule has 3 atom stereocenters. The smallest absolute Gasteiger partial charge is 0.326 e. The number of hydrogen-bond acceptors (Lipinski definition) is 2. The van der Waals surface area contributed by atoms with Gasteiger partial charge in [-0.2, -0.15) is 0 Å². The summed E-state index contributed by atoms with van der Waals surface area (Å²) in [5.74, 6) is -1.04. The van der Waals surface area contributed by atoms with Gasteiger partial charge in [0.1, 0.15) is 6.04 Å². The second kappa shape index (κ2) is 4.93. The van der Waals surface area contributed by atoms with Gasteiger partial charge < -0.3 is 10.0 Å². The third kappa shape index (κ3) is 1.99. The lowest BCUT2D eigenvalue weighted by Gasteiger charge is -2.37. The summed E-state index contributed by atoms with van der Waals surface area (Å²) in [7, 11) is 0. The van der Waals surface area contributed by atoms with Crippen LogP contribution >= 0.6 is 0 Å². The molecule has 3 unspecified atom stereocenters. The van der Waals surface area contributed by atoms with Gasteiger partial charge in [0, 0.05) is 6.04 Å². The van der Waals surface area contributed by atoms with Gasteiger partial charge in [-0.15, -0.1) is 0 Å². The Morgan fingerprint density at radius 1 is 1.20 bits per heavy atom. The number of carboxylic acids is 1. The van der Waals surface area contributed by atoms with E-state index in [1.165, 1.54) is 0 Å². The third-order valence-electron chi connectivity index (χ3n) is 4.69. The fraction of sp³-hybridized carbons (Fsp3) is 0.500. The Morgan fingerprint density at radius 2 is 1.90 bits per heavy atom. The normalized spacial score (nSPS) is 29.4. The van der Waals surface area contributed by atoms with Crippen LogP contribution in [0.1, 0.15) is 42.7 Å². The van der Waals surface area contributed by atoms with Gasteiger partial charge in [0.15, 0.2) is 0 Å². The SMILES string of the molecule is Cc1ccccc1C1CCC2CCC(C(=O)O)N2C1=O. The van der Waals surface area contributed by atoms with Crippen molar-refractivity contribution in [1.29, 1.82) is 0 Å². The van der Waals surface area contributed by atoms with Crippen LogP contribution in [0.3, 0.4) is 0 Å². The number of carbonyl (C=O) groups is 2. The number of amides is 1. The molecular weight excluding hydrogens is 254 g/mol. The molecule has 0 aliphatic carbocycles. The standard InChI is InChI=1S/C16H19NO3/c1-10-4-2-3-5-12(10)13-8-6-11-7-9-14(16(19)20)17(11)15(13)18/h2-5,11,13-14H,6-9H2,1H3,(H,19,20). The highest BCUT2D eigenvalue weighted by molar-refractivity contribution is 5.90. The van der Waals surface area contributed by atoms with E-state index >= 15 is 0 Å². The first-order chi connectivity index (χ1) is 9.59. The van der Waals surface area contributed by atoms with E-state index in [1.807, 2.05) is 31.2 Å². The first kappa shape index (κ1) is 13.2. The Labute approximate surface area is 118 Å². The van der Waals surface area contributed by atoms with Gasteiger partial charge in [-0.05, 0) is 43.7 Å². The fourth-order valence-electron chi connectivity index (χ4n) is 3.67. The molecule has 0 aromatic heterocycles. The molecule has 1 N–H and O–H groups in total. The molecule has 0 saturated carbocycles. The van der Waals surface area contributed by atoms with Gasteiger partial charge in [0.05, 0.1) is 5.92 Å². The van der Waals surface area contributed by atoms with Gasteiger partial charge in [-0.25, -0.2) is 4.79 Å². The lowest BCUT2D eigenvalue weighted by Crippen LogP contribution is -2.50. The number of piperidine rings is 1. The quantitative estimate of drug-likeness (QED) is 0.899. The Morgan fingerprint density at radius 3 is 2.60 bits per heavy atom. The van der Waals surface area contributed by atoms with Crippen LogP contribution in [0.15, 0.2) is 24.3 Å². The molecule has 2 aliphatic rings. The highest BCUT2D eigenvalue weighted by atomic mass is 16.4. The second-order valence-electron chi connectivity index (χ2n) is 5.82. The zero-order valence-corrected chi connectivity index (χ0v) is 11.6. The molecule has 20 heavy (non-hydrogen) atoms. The zero-order chi connectivity index (χ0) is 14.3. The summed E-state index contributed by atoms with van der Waals surface area (Å²) in [5.41, 5.74) is 2.15. The lowest BCUT2D eigenvalue weighted by atomic mass is 9.85. The molecule has 2 heterocycles. The molecule has 0 bridgehead atoms. The number of hydrogen-bond donors (Lipinski definition) is 1. The average Bonchev–Trinajstić information content (AvgIpc) is 2.85. The Balaban J connectivity index is 1.91. The Kier molecular flexibility index (Phi) is 3.24. The van der Waals surface area contributed by atoms with Gasteiger partial charge in [0.25, 0.3) is 0 Å². The van der Waals surface area contributed by atoms with Crippen LogP contribution in [0.5, 0.6) is 0 Å². The molecular formula is C16H19NO3. The van der Waals surface area contributed by atoms with Gasteiger partial charge in [-0.3, -0.25) is 4.79 Å². The number of aliphatic carboxylic acids is 1. The average molecular weight is 273 g/mol. The molecule has 1 aromatic carbocycles. The number of carboxylic acid groups (broad SMARTS) is 1. The van der Waals surface area contributed by atoms with Crippen LogP contribution < -0.4 is 0 Å². The molecule has 1 aromatic rings. The van der Waals surface area contributed by atoms with Crippen LogP contribution in [0, 0.1) is 6.92 Å². The van der Waals surface area contributed by atoms with Crippen LogP contribution in [-0.4, -0.2) is 34.0 Å². The van der Waals surface area contributed by atoms with Gasteiger partial charge in [0.2, 0.25) is 5.91 Å². The molecule has 2 aliphatic heterocycles. The third-order valence-corrected chi connectivity index (χ3v) is 4.69. The van der Waals surface area contributed by atoms with Crippen molar-refractivity contribution in [2.45, 2.75) is 50.6 Å². The Hall–Kier alpha value is -1.84. The van der Waals surface area contributed by atoms with E-state index in [2.05, 4.69) is 0 Å². The summed E-state index contributed by atoms with van der Waals surface area (Å²) in [5, 5.41) is 9.29. The maximum absolute atomic E-state index is 12.7. The summed E-state index contributed by atoms with van der Waals surface area (Å²) >= 11 is 0. The minimum absolute atomic E-state index is 0.000417. The van der Waals surface area contributed by atoms with Crippen molar-refractivity contribution in [3.63, 3.8) is 0 Å². The number of carbonyl (C=O) groups excluding carboxylic acids is 1. The van der Waals surface area contributed by atoms with Gasteiger partial charge >= 0.3 is 5.97 Å². The monoisotopic (exact) mass is 273 g/mol. The molecule has 4 heteroatoms.